The van der Waals surface area contributed by atoms with Gasteiger partial charge in [0.2, 0.25) is 0 Å². The molecular formula is C24H29N3. The number of fused-ring (bicyclic) bond motifs is 2. The third-order valence-electron chi connectivity index (χ3n) is 6.73. The number of hydrogen-bond acceptors (Lipinski definition) is 2. The Morgan fingerprint density at radius 1 is 0.926 bits per heavy atom. The van der Waals surface area contributed by atoms with Crippen molar-refractivity contribution in [3.8, 4) is 0 Å². The lowest BCUT2D eigenvalue weighted by molar-refractivity contribution is 0.234. The molecule has 0 amide bonds. The average molecular weight is 360 g/mol. The largest absolute Gasteiger partial charge is 0.372 e. The average Bonchev–Trinajstić information content (AvgIpc) is 3.19. The van der Waals surface area contributed by atoms with Crippen LogP contribution >= 0.6 is 0 Å². The number of anilines is 1. The van der Waals surface area contributed by atoms with Gasteiger partial charge >= 0.3 is 0 Å². The molecule has 3 aromatic rings. The summed E-state index contributed by atoms with van der Waals surface area (Å²) in [5.41, 5.74) is 7.07. The van der Waals surface area contributed by atoms with E-state index in [-0.39, 0.29) is 0 Å². The summed E-state index contributed by atoms with van der Waals surface area (Å²) in [7, 11) is 2.27. The van der Waals surface area contributed by atoms with Crippen LogP contribution in [0, 0.1) is 0 Å². The van der Waals surface area contributed by atoms with Crippen molar-refractivity contribution in [2.45, 2.75) is 38.1 Å². The van der Waals surface area contributed by atoms with E-state index in [1.54, 1.807) is 0 Å². The lowest BCUT2D eigenvalue weighted by atomic mass is 9.81. The van der Waals surface area contributed by atoms with E-state index in [0.29, 0.717) is 12.0 Å². The molecule has 2 aliphatic rings. The summed E-state index contributed by atoms with van der Waals surface area (Å²) in [5, 5.41) is 1.31. The van der Waals surface area contributed by atoms with Crippen molar-refractivity contribution >= 4 is 16.6 Å². The van der Waals surface area contributed by atoms with Crippen LogP contribution in [0.2, 0.25) is 0 Å². The summed E-state index contributed by atoms with van der Waals surface area (Å²) in [6, 6.07) is 16.8. The number of aromatic nitrogens is 1. The van der Waals surface area contributed by atoms with Crippen molar-refractivity contribution in [2.75, 3.05) is 31.6 Å². The van der Waals surface area contributed by atoms with Crippen LogP contribution in [-0.2, 0) is 0 Å². The topological polar surface area (TPSA) is 22.3 Å². The number of piperidine rings is 1. The molecule has 0 saturated carbocycles. The van der Waals surface area contributed by atoms with Crippen molar-refractivity contribution < 1.29 is 0 Å². The van der Waals surface area contributed by atoms with Gasteiger partial charge in [-0.3, -0.25) is 4.90 Å². The molecule has 0 spiro atoms. The third kappa shape index (κ3) is 2.94. The minimum Gasteiger partial charge on any atom is -0.372 e. The first-order valence-corrected chi connectivity index (χ1v) is 10.4. The normalized spacial score (nSPS) is 23.6. The second kappa shape index (κ2) is 6.72. The molecular weight excluding hydrogens is 330 g/mol. The lowest BCUT2D eigenvalue weighted by Gasteiger charge is -2.39. The molecule has 27 heavy (non-hydrogen) atoms. The maximum absolute atomic E-state index is 3.31. The van der Waals surface area contributed by atoms with Crippen LogP contribution in [-0.4, -0.2) is 36.6 Å². The van der Waals surface area contributed by atoms with Crippen LogP contribution in [0.15, 0.2) is 48.7 Å². The highest BCUT2D eigenvalue weighted by molar-refractivity contribution is 5.80. The Labute approximate surface area is 162 Å². The molecule has 140 valence electrons. The predicted octanol–water partition coefficient (Wildman–Crippen LogP) is 5.30. The number of benzene rings is 2. The van der Waals surface area contributed by atoms with Crippen LogP contribution < -0.4 is 4.90 Å². The van der Waals surface area contributed by atoms with Gasteiger partial charge in [0.05, 0.1) is 0 Å². The molecule has 3 heteroatoms. The summed E-state index contributed by atoms with van der Waals surface area (Å²) in [5.74, 6) is 0.441. The first kappa shape index (κ1) is 16.9. The number of H-pyrrole nitrogens is 1. The highest BCUT2D eigenvalue weighted by Crippen LogP contribution is 2.41. The van der Waals surface area contributed by atoms with Gasteiger partial charge in [-0.25, -0.2) is 0 Å². The van der Waals surface area contributed by atoms with Crippen LogP contribution in [0.3, 0.4) is 0 Å². The van der Waals surface area contributed by atoms with Crippen LogP contribution in [0.25, 0.3) is 10.9 Å². The molecule has 3 nitrogen and oxygen atoms in total. The number of hydrogen-bond donors (Lipinski definition) is 1. The van der Waals surface area contributed by atoms with Crippen molar-refractivity contribution in [3.05, 3.63) is 65.4 Å². The molecule has 5 rings (SSSR count). The van der Waals surface area contributed by atoms with E-state index in [0.717, 1.165) is 6.54 Å². The van der Waals surface area contributed by atoms with E-state index in [4.69, 9.17) is 0 Å². The van der Waals surface area contributed by atoms with E-state index in [1.165, 1.54) is 65.6 Å². The summed E-state index contributed by atoms with van der Waals surface area (Å²) >= 11 is 0. The van der Waals surface area contributed by atoms with Gasteiger partial charge in [0, 0.05) is 49.0 Å². The second-order valence-electron chi connectivity index (χ2n) is 8.35. The minimum absolute atomic E-state index is 0.441. The molecule has 1 fully saturated rings. The number of likely N-dealkylation sites (N-methyl/N-ethyl adjacent to an activating group) is 1. The van der Waals surface area contributed by atoms with Gasteiger partial charge in [-0.1, -0.05) is 12.1 Å². The molecule has 0 aliphatic carbocycles. The molecule has 2 aliphatic heterocycles. The van der Waals surface area contributed by atoms with Crippen LogP contribution in [0.4, 0.5) is 5.69 Å². The Hall–Kier alpha value is -2.26. The Balaban J connectivity index is 1.56. The Bertz CT molecular complexity index is 951. The highest BCUT2D eigenvalue weighted by atomic mass is 15.1. The zero-order chi connectivity index (χ0) is 18.4. The van der Waals surface area contributed by atoms with Gasteiger partial charge in [0.25, 0.3) is 0 Å². The third-order valence-corrected chi connectivity index (χ3v) is 6.73. The van der Waals surface area contributed by atoms with Crippen molar-refractivity contribution in [1.82, 2.24) is 9.88 Å². The van der Waals surface area contributed by atoms with Crippen molar-refractivity contribution in [3.63, 3.8) is 0 Å². The standard InChI is InChI=1S/C24H29N3/c1-17-22-15-20(27-12-4-3-5-13-27)7-8-21(22)23(16-26(17)2)18-6-9-24-19(14-18)10-11-25-24/h6-11,14-15,17,23,25H,3-5,12-13,16H2,1-2H3. The van der Waals surface area contributed by atoms with E-state index in [2.05, 4.69) is 71.2 Å². The van der Waals surface area contributed by atoms with Gasteiger partial charge in [-0.15, -0.1) is 0 Å². The molecule has 1 aromatic heterocycles. The fourth-order valence-corrected chi connectivity index (χ4v) is 4.95. The first-order valence-electron chi connectivity index (χ1n) is 10.4. The van der Waals surface area contributed by atoms with E-state index in [9.17, 15) is 0 Å². The quantitative estimate of drug-likeness (QED) is 0.671. The Morgan fingerprint density at radius 3 is 2.63 bits per heavy atom. The van der Waals surface area contributed by atoms with Crippen LogP contribution in [0.1, 0.15) is 54.8 Å². The van der Waals surface area contributed by atoms with E-state index < -0.39 is 0 Å². The smallest absolute Gasteiger partial charge is 0.0454 e. The van der Waals surface area contributed by atoms with E-state index in [1.807, 2.05) is 6.20 Å². The molecule has 2 unspecified atom stereocenters. The Kier molecular flexibility index (Phi) is 4.20. The zero-order valence-corrected chi connectivity index (χ0v) is 16.4. The maximum atomic E-state index is 3.31. The molecule has 1 N–H and O–H groups in total. The summed E-state index contributed by atoms with van der Waals surface area (Å²) in [6.07, 6.45) is 6.06. The van der Waals surface area contributed by atoms with Gasteiger partial charge in [-0.2, -0.15) is 0 Å². The van der Waals surface area contributed by atoms with Crippen molar-refractivity contribution in [2.24, 2.45) is 0 Å². The fraction of sp³-hybridized carbons (Fsp3) is 0.417. The first-order chi connectivity index (χ1) is 13.2. The van der Waals surface area contributed by atoms with Crippen molar-refractivity contribution in [1.29, 1.82) is 0 Å². The number of rotatable bonds is 2. The number of nitrogens with one attached hydrogen (secondary N) is 1. The number of aromatic amines is 1. The molecule has 2 aromatic carbocycles. The zero-order valence-electron chi connectivity index (χ0n) is 16.4. The highest BCUT2D eigenvalue weighted by Gasteiger charge is 2.30. The molecule has 2 atom stereocenters. The monoisotopic (exact) mass is 359 g/mol. The lowest BCUT2D eigenvalue weighted by Crippen LogP contribution is -2.35. The maximum Gasteiger partial charge on any atom is 0.0454 e. The van der Waals surface area contributed by atoms with Gasteiger partial charge in [0.15, 0.2) is 0 Å². The van der Waals surface area contributed by atoms with Gasteiger partial charge < -0.3 is 9.88 Å². The SMILES string of the molecule is CC1c2cc(N3CCCCC3)ccc2C(c2ccc3[nH]ccc3c2)CN1C. The molecule has 0 radical (unpaired) electrons. The predicted molar refractivity (Wildman–Crippen MR) is 114 cm³/mol. The summed E-state index contributed by atoms with van der Waals surface area (Å²) in [6.45, 7) is 5.84. The molecule has 1 saturated heterocycles. The summed E-state index contributed by atoms with van der Waals surface area (Å²) < 4.78 is 0. The molecule has 0 bridgehead atoms. The second-order valence-corrected chi connectivity index (χ2v) is 8.35. The molecule has 3 heterocycles. The minimum atomic E-state index is 0.441. The van der Waals surface area contributed by atoms with Crippen LogP contribution in [0.5, 0.6) is 0 Å². The summed E-state index contributed by atoms with van der Waals surface area (Å²) in [4.78, 5) is 8.40. The fourth-order valence-electron chi connectivity index (χ4n) is 4.95. The number of nitrogens with zero attached hydrogens (tertiary/aromatic N) is 2. The van der Waals surface area contributed by atoms with E-state index >= 15 is 0 Å². The van der Waals surface area contributed by atoms with Gasteiger partial charge in [0.1, 0.15) is 0 Å². The Morgan fingerprint density at radius 2 is 1.78 bits per heavy atom. The van der Waals surface area contributed by atoms with Gasteiger partial charge in [-0.05, 0) is 85.6 Å².